The van der Waals surface area contributed by atoms with E-state index in [4.69, 9.17) is 27.4 Å². The van der Waals surface area contributed by atoms with E-state index in [0.29, 0.717) is 43.3 Å². The summed E-state index contributed by atoms with van der Waals surface area (Å²) in [6.45, 7) is 1.93. The average molecular weight is 310 g/mol. The number of ether oxygens (including phenoxy) is 2. The summed E-state index contributed by atoms with van der Waals surface area (Å²) < 4.78 is 10.3. The summed E-state index contributed by atoms with van der Waals surface area (Å²) in [6, 6.07) is 7.19. The molecule has 0 aromatic heterocycles. The van der Waals surface area contributed by atoms with Gasteiger partial charge in [-0.1, -0.05) is 24.4 Å². The molecule has 0 atom stereocenters. The van der Waals surface area contributed by atoms with E-state index in [1.807, 2.05) is 12.1 Å². The zero-order valence-corrected chi connectivity index (χ0v) is 13.1. The van der Waals surface area contributed by atoms with Crippen LogP contribution in [-0.2, 0) is 14.3 Å². The number of amides is 1. The molecule has 0 saturated carbocycles. The van der Waals surface area contributed by atoms with Gasteiger partial charge in [-0.15, -0.1) is 0 Å². The molecule has 0 aliphatic carbocycles. The van der Waals surface area contributed by atoms with Crippen molar-refractivity contribution in [1.82, 2.24) is 0 Å². The van der Waals surface area contributed by atoms with Crippen molar-refractivity contribution in [3.05, 3.63) is 29.8 Å². The lowest BCUT2D eigenvalue weighted by Crippen LogP contribution is -2.14. The van der Waals surface area contributed by atoms with Gasteiger partial charge in [-0.25, -0.2) is 0 Å². The maximum Gasteiger partial charge on any atom is 0.224 e. The third-order valence-corrected chi connectivity index (χ3v) is 3.00. The van der Waals surface area contributed by atoms with Crippen LogP contribution in [0.4, 0.5) is 5.69 Å². The number of carbonyl (C=O) groups excluding carboxylic acids is 1. The highest BCUT2D eigenvalue weighted by Gasteiger charge is 2.04. The van der Waals surface area contributed by atoms with Gasteiger partial charge in [0, 0.05) is 44.6 Å². The van der Waals surface area contributed by atoms with Crippen molar-refractivity contribution < 1.29 is 14.3 Å². The van der Waals surface area contributed by atoms with Gasteiger partial charge in [-0.3, -0.25) is 4.79 Å². The quantitative estimate of drug-likeness (QED) is 0.511. The molecule has 3 N–H and O–H groups in total. The van der Waals surface area contributed by atoms with Gasteiger partial charge < -0.3 is 20.5 Å². The van der Waals surface area contributed by atoms with Crippen molar-refractivity contribution in [3.63, 3.8) is 0 Å². The van der Waals surface area contributed by atoms with Gasteiger partial charge in [0.15, 0.2) is 0 Å². The molecule has 0 spiro atoms. The Hall–Kier alpha value is -1.50. The molecule has 21 heavy (non-hydrogen) atoms. The van der Waals surface area contributed by atoms with Crippen molar-refractivity contribution in [2.75, 3.05) is 32.2 Å². The number of thiocarbonyl (C=S) groups is 1. The van der Waals surface area contributed by atoms with Crippen molar-refractivity contribution in [3.8, 4) is 0 Å². The van der Waals surface area contributed by atoms with E-state index in [9.17, 15) is 4.79 Å². The van der Waals surface area contributed by atoms with Crippen LogP contribution in [0.1, 0.15) is 24.8 Å². The molecule has 0 saturated heterocycles. The Morgan fingerprint density at radius 3 is 2.76 bits per heavy atom. The van der Waals surface area contributed by atoms with Crippen LogP contribution in [0.2, 0.25) is 0 Å². The molecule has 1 rings (SSSR count). The predicted octanol–water partition coefficient (Wildman–Crippen LogP) is 2.09. The lowest BCUT2D eigenvalue weighted by atomic mass is 10.2. The molecule has 5 nitrogen and oxygen atoms in total. The zero-order chi connectivity index (χ0) is 15.5. The fourth-order valence-electron chi connectivity index (χ4n) is 1.72. The zero-order valence-electron chi connectivity index (χ0n) is 12.3. The lowest BCUT2D eigenvalue weighted by Gasteiger charge is -2.07. The third-order valence-electron chi connectivity index (χ3n) is 2.76. The van der Waals surface area contributed by atoms with Crippen LogP contribution in [-0.4, -0.2) is 37.8 Å². The van der Waals surface area contributed by atoms with E-state index in [1.165, 1.54) is 0 Å². The molecule has 0 aliphatic rings. The van der Waals surface area contributed by atoms with Crippen LogP contribution in [0.25, 0.3) is 0 Å². The van der Waals surface area contributed by atoms with Crippen molar-refractivity contribution in [2.24, 2.45) is 5.73 Å². The molecule has 0 unspecified atom stereocenters. The van der Waals surface area contributed by atoms with Crippen molar-refractivity contribution in [2.45, 2.75) is 19.3 Å². The van der Waals surface area contributed by atoms with Crippen LogP contribution in [0.5, 0.6) is 0 Å². The minimum atomic E-state index is -0.0458. The first kappa shape index (κ1) is 17.6. The molecule has 0 fully saturated rings. The van der Waals surface area contributed by atoms with E-state index in [1.54, 1.807) is 19.2 Å². The molecule has 0 heterocycles. The maximum atomic E-state index is 11.8. The summed E-state index contributed by atoms with van der Waals surface area (Å²) in [5.41, 5.74) is 7.00. The standard InChI is InChI=1S/C15H22N2O3S/c1-19-8-4-10-20-9-3-7-14(18)17-13-6-2-5-12(11-13)15(16)21/h2,5-6,11H,3-4,7-10H2,1H3,(H2,16,21)(H,17,18). The number of nitrogens with two attached hydrogens (primary N) is 1. The van der Waals surface area contributed by atoms with Crippen LogP contribution >= 0.6 is 12.2 Å². The van der Waals surface area contributed by atoms with Gasteiger partial charge in [-0.05, 0) is 25.0 Å². The van der Waals surface area contributed by atoms with E-state index >= 15 is 0 Å². The highest BCUT2D eigenvalue weighted by atomic mass is 32.1. The smallest absolute Gasteiger partial charge is 0.224 e. The highest BCUT2D eigenvalue weighted by Crippen LogP contribution is 2.11. The van der Waals surface area contributed by atoms with Crippen LogP contribution in [0.3, 0.4) is 0 Å². The largest absolute Gasteiger partial charge is 0.389 e. The number of benzene rings is 1. The van der Waals surface area contributed by atoms with Crippen molar-refractivity contribution >= 4 is 28.8 Å². The van der Waals surface area contributed by atoms with Gasteiger partial charge in [0.1, 0.15) is 4.99 Å². The highest BCUT2D eigenvalue weighted by molar-refractivity contribution is 7.80. The van der Waals surface area contributed by atoms with Gasteiger partial charge >= 0.3 is 0 Å². The van der Waals surface area contributed by atoms with Gasteiger partial charge in [0.2, 0.25) is 5.91 Å². The second-order valence-electron chi connectivity index (χ2n) is 4.56. The maximum absolute atomic E-state index is 11.8. The number of anilines is 1. The number of hydrogen-bond acceptors (Lipinski definition) is 4. The topological polar surface area (TPSA) is 73.6 Å². The Morgan fingerprint density at radius 1 is 1.29 bits per heavy atom. The summed E-state index contributed by atoms with van der Waals surface area (Å²) in [5, 5.41) is 2.82. The minimum Gasteiger partial charge on any atom is -0.389 e. The van der Waals surface area contributed by atoms with E-state index in [2.05, 4.69) is 5.32 Å². The summed E-state index contributed by atoms with van der Waals surface area (Å²) in [5.74, 6) is -0.0458. The molecule has 1 aromatic rings. The molecule has 116 valence electrons. The molecule has 6 heteroatoms. The number of nitrogens with one attached hydrogen (secondary N) is 1. The fraction of sp³-hybridized carbons (Fsp3) is 0.467. The number of carbonyl (C=O) groups is 1. The van der Waals surface area contributed by atoms with E-state index in [0.717, 1.165) is 12.0 Å². The summed E-state index contributed by atoms with van der Waals surface area (Å²) in [4.78, 5) is 12.1. The first-order valence-corrected chi connectivity index (χ1v) is 7.30. The molecule has 1 amide bonds. The summed E-state index contributed by atoms with van der Waals surface area (Å²) in [7, 11) is 1.66. The Labute approximate surface area is 130 Å². The monoisotopic (exact) mass is 310 g/mol. The summed E-state index contributed by atoms with van der Waals surface area (Å²) >= 11 is 4.90. The third kappa shape index (κ3) is 7.75. The number of rotatable bonds is 10. The van der Waals surface area contributed by atoms with Crippen LogP contribution < -0.4 is 11.1 Å². The van der Waals surface area contributed by atoms with Crippen molar-refractivity contribution in [1.29, 1.82) is 0 Å². The summed E-state index contributed by atoms with van der Waals surface area (Å²) in [6.07, 6.45) is 1.98. The second-order valence-corrected chi connectivity index (χ2v) is 5.00. The first-order valence-electron chi connectivity index (χ1n) is 6.90. The van der Waals surface area contributed by atoms with Gasteiger partial charge in [0.25, 0.3) is 0 Å². The fourth-order valence-corrected chi connectivity index (χ4v) is 1.84. The Bertz CT molecular complexity index is 466. The van der Waals surface area contributed by atoms with Crippen LogP contribution in [0.15, 0.2) is 24.3 Å². The Morgan fingerprint density at radius 2 is 2.05 bits per heavy atom. The predicted molar refractivity (Wildman–Crippen MR) is 87.5 cm³/mol. The van der Waals surface area contributed by atoms with Gasteiger partial charge in [0.05, 0.1) is 0 Å². The Balaban J connectivity index is 2.21. The number of methoxy groups -OCH3 is 1. The van der Waals surface area contributed by atoms with E-state index in [-0.39, 0.29) is 5.91 Å². The average Bonchev–Trinajstić information content (AvgIpc) is 2.46. The molecule has 0 radical (unpaired) electrons. The molecule has 1 aromatic carbocycles. The SMILES string of the molecule is COCCCOCCCC(=O)Nc1cccc(C(N)=S)c1. The number of hydrogen-bond donors (Lipinski definition) is 2. The molecular formula is C15H22N2O3S. The van der Waals surface area contributed by atoms with E-state index < -0.39 is 0 Å². The van der Waals surface area contributed by atoms with Gasteiger partial charge in [-0.2, -0.15) is 0 Å². The molecular weight excluding hydrogens is 288 g/mol. The second kappa shape index (κ2) is 10.3. The van der Waals surface area contributed by atoms with Crippen LogP contribution in [0, 0.1) is 0 Å². The Kier molecular flexibility index (Phi) is 8.57. The normalized spacial score (nSPS) is 10.3. The first-order chi connectivity index (χ1) is 10.1. The lowest BCUT2D eigenvalue weighted by molar-refractivity contribution is -0.116. The molecule has 0 aliphatic heterocycles. The molecule has 0 bridgehead atoms. The minimum absolute atomic E-state index is 0.0458.